The van der Waals surface area contributed by atoms with E-state index in [0.717, 1.165) is 10.9 Å². The lowest BCUT2D eigenvalue weighted by Crippen LogP contribution is -2.46. The van der Waals surface area contributed by atoms with E-state index in [1.54, 1.807) is 6.92 Å². The normalized spacial score (nSPS) is 22.4. The van der Waals surface area contributed by atoms with Crippen molar-refractivity contribution in [1.29, 1.82) is 0 Å². The molecule has 0 radical (unpaired) electrons. The third kappa shape index (κ3) is 12.0. The smallest absolute Gasteiger partial charge is 0.386 e. The van der Waals surface area contributed by atoms with Crippen LogP contribution in [0.15, 0.2) is 6.33 Å². The van der Waals surface area contributed by atoms with E-state index >= 15 is 0 Å². The lowest BCUT2D eigenvalue weighted by atomic mass is 9.87. The van der Waals surface area contributed by atoms with E-state index in [2.05, 4.69) is 47.0 Å². The second-order valence-corrected chi connectivity index (χ2v) is 16.4. The number of hydrogen-bond acceptors (Lipinski definition) is 18. The maximum atomic E-state index is 12.7. The summed E-state index contributed by atoms with van der Waals surface area (Å²) in [6.07, 6.45) is -8.28. The van der Waals surface area contributed by atoms with Crippen molar-refractivity contribution in [3.8, 4) is 0 Å². The topological polar surface area (TPSA) is 364 Å². The summed E-state index contributed by atoms with van der Waals surface area (Å²) < 4.78 is 62.0. The Morgan fingerprint density at radius 1 is 1.10 bits per heavy atom. The number of carbonyl (C=O) groups is 3. The van der Waals surface area contributed by atoms with Crippen molar-refractivity contribution in [2.45, 2.75) is 64.3 Å². The van der Waals surface area contributed by atoms with Crippen LogP contribution in [0.4, 0.5) is 5.82 Å². The number of ether oxygens (including phenoxy) is 1. The van der Waals surface area contributed by atoms with Crippen LogP contribution in [-0.4, -0.2) is 123 Å². The fourth-order valence-corrected chi connectivity index (χ4v) is 7.43. The average Bonchev–Trinajstić information content (AvgIpc) is 3.60. The highest BCUT2D eigenvalue weighted by Gasteiger charge is 2.50. The maximum Gasteiger partial charge on any atom is 0.481 e. The van der Waals surface area contributed by atoms with Gasteiger partial charge in [0.25, 0.3) is 0 Å². The Balaban J connectivity index is 1.67. The summed E-state index contributed by atoms with van der Waals surface area (Å²) >= 11 is 3.95. The number of Topliss-reactive ketones (excluding diaryl/α,β-unsaturated/α-hetero) is 1. The number of phosphoric acid groups is 3. The monoisotopic (exact) mass is 823 g/mol. The van der Waals surface area contributed by atoms with Crippen LogP contribution in [0.2, 0.25) is 0 Å². The third-order valence-electron chi connectivity index (χ3n) is 7.14. The molecular formula is C24H40N7O17P3S. The van der Waals surface area contributed by atoms with Crippen molar-refractivity contribution in [3.05, 3.63) is 12.2 Å². The third-order valence-corrected chi connectivity index (χ3v) is 10.5. The number of anilines is 1. The minimum absolute atomic E-state index is 0.00510. The maximum absolute atomic E-state index is 12.7. The van der Waals surface area contributed by atoms with Gasteiger partial charge < -0.3 is 50.9 Å². The van der Waals surface area contributed by atoms with Crippen LogP contribution >= 0.6 is 36.1 Å². The molecule has 1 saturated heterocycles. The number of nitrogens with one attached hydrogen (secondary N) is 2. The number of hydrogen-bond donors (Lipinski definition) is 10. The fourth-order valence-electron chi connectivity index (χ4n) is 4.49. The molecule has 7 atom stereocenters. The molecule has 28 heteroatoms. The van der Waals surface area contributed by atoms with Crippen LogP contribution in [0, 0.1) is 5.41 Å². The lowest BCUT2D eigenvalue weighted by molar-refractivity contribution is -0.137. The van der Waals surface area contributed by atoms with Gasteiger partial charge in [-0.15, -0.1) is 0 Å². The Kier molecular flexibility index (Phi) is 15.0. The van der Waals surface area contributed by atoms with Gasteiger partial charge in [-0.05, 0) is 0 Å². The largest absolute Gasteiger partial charge is 0.481 e. The number of nitrogens with two attached hydrogens (primary N) is 1. The van der Waals surface area contributed by atoms with Gasteiger partial charge in [0.2, 0.25) is 11.8 Å². The van der Waals surface area contributed by atoms with Gasteiger partial charge in [0.15, 0.2) is 29.3 Å². The number of nitrogens with zero attached hydrogens (tertiary/aromatic N) is 4. The predicted octanol–water partition coefficient (Wildman–Crippen LogP) is -1.07. The highest BCUT2D eigenvalue weighted by atomic mass is 32.1. The summed E-state index contributed by atoms with van der Waals surface area (Å²) in [6, 6.07) is 0. The SMILES string of the molecule is CCC(=O)c1nc(N)c2ncn([C@@H]3O[C@H](COP(=O)(O)OP(=O)(O)OCC(C)(C)[C@@H](O)C(=O)NCCC(=O)NCCS)[C@@H](OP(=O)(O)O)[C@H]3O)c2n1. The molecule has 294 valence electrons. The van der Waals surface area contributed by atoms with Gasteiger partial charge >= 0.3 is 23.5 Å². The van der Waals surface area contributed by atoms with Crippen LogP contribution < -0.4 is 16.4 Å². The predicted molar refractivity (Wildman–Crippen MR) is 178 cm³/mol. The molecule has 3 rings (SSSR count). The van der Waals surface area contributed by atoms with Crippen molar-refractivity contribution in [2.75, 3.05) is 37.8 Å². The van der Waals surface area contributed by atoms with Gasteiger partial charge in [-0.2, -0.15) is 16.9 Å². The fraction of sp³-hybridized carbons (Fsp3) is 0.667. The van der Waals surface area contributed by atoms with Crippen LogP contribution in [-0.2, 0) is 45.9 Å². The van der Waals surface area contributed by atoms with E-state index < -0.39 is 84.4 Å². The summed E-state index contributed by atoms with van der Waals surface area (Å²) in [5, 5.41) is 26.3. The van der Waals surface area contributed by atoms with E-state index in [4.69, 9.17) is 19.5 Å². The minimum atomic E-state index is -5.60. The van der Waals surface area contributed by atoms with Crippen molar-refractivity contribution in [1.82, 2.24) is 30.2 Å². The van der Waals surface area contributed by atoms with E-state index in [9.17, 15) is 57.9 Å². The van der Waals surface area contributed by atoms with Gasteiger partial charge in [-0.25, -0.2) is 28.6 Å². The molecule has 3 heterocycles. The summed E-state index contributed by atoms with van der Waals surface area (Å²) in [5.41, 5.74) is 4.11. The van der Waals surface area contributed by atoms with Crippen molar-refractivity contribution in [3.63, 3.8) is 0 Å². The first kappa shape index (κ1) is 44.0. The first-order chi connectivity index (χ1) is 24.0. The van der Waals surface area contributed by atoms with Gasteiger partial charge in [-0.3, -0.25) is 32.5 Å². The first-order valence-electron chi connectivity index (χ1n) is 15.1. The Labute approximate surface area is 300 Å². The van der Waals surface area contributed by atoms with Crippen molar-refractivity contribution >= 4 is 70.7 Å². The summed E-state index contributed by atoms with van der Waals surface area (Å²) in [7, 11) is -16.5. The molecule has 1 fully saturated rings. The molecule has 0 aliphatic carbocycles. The lowest BCUT2D eigenvalue weighted by Gasteiger charge is -2.30. The van der Waals surface area contributed by atoms with E-state index in [1.165, 1.54) is 13.8 Å². The number of aromatic nitrogens is 4. The number of aliphatic hydroxyl groups is 2. The number of amides is 2. The standard InChI is InChI=1S/C24H40N7O17P3S/c1-4-12(32)20-29-19(25)15-21(30-20)31(11-28-15)23-16(34)17(47-49(37,38)39)13(46-23)9-44-50(40,41)48-51(42,43)45-10-24(2,3)18(35)22(36)27-6-5-14(33)26-7-8-52/h11,13,16-18,23,34-35,52H,4-10H2,1-3H3,(H,26,33)(H,27,36)(H,40,41)(H,42,43)(H2,25,29,30)(H2,37,38,39)/t13-,16-,17-,18+,23-/m1/s1. The Bertz CT molecular complexity index is 1760. The van der Waals surface area contributed by atoms with Gasteiger partial charge in [-0.1, -0.05) is 20.8 Å². The number of carbonyl (C=O) groups excluding carboxylic acids is 3. The summed E-state index contributed by atoms with van der Waals surface area (Å²) in [6.45, 7) is 2.14. The van der Waals surface area contributed by atoms with Gasteiger partial charge in [0, 0.05) is 37.1 Å². The quantitative estimate of drug-likeness (QED) is 0.0431. The van der Waals surface area contributed by atoms with Crippen molar-refractivity contribution in [2.24, 2.45) is 5.41 Å². The molecule has 24 nitrogen and oxygen atoms in total. The molecule has 2 unspecified atom stereocenters. The molecule has 2 amide bonds. The van der Waals surface area contributed by atoms with E-state index in [1.807, 2.05) is 0 Å². The summed E-state index contributed by atoms with van der Waals surface area (Å²) in [5.74, 6) is -1.96. The van der Waals surface area contributed by atoms with Crippen LogP contribution in [0.5, 0.6) is 0 Å². The number of nitrogen functional groups attached to an aromatic ring is 1. The highest BCUT2D eigenvalue weighted by molar-refractivity contribution is 7.80. The molecular weight excluding hydrogens is 783 g/mol. The number of phosphoric ester groups is 3. The molecule has 0 spiro atoms. The molecule has 2 aromatic heterocycles. The number of aliphatic hydroxyl groups excluding tert-OH is 2. The Morgan fingerprint density at radius 3 is 2.37 bits per heavy atom. The highest BCUT2D eigenvalue weighted by Crippen LogP contribution is 2.61. The Morgan fingerprint density at radius 2 is 1.75 bits per heavy atom. The van der Waals surface area contributed by atoms with E-state index in [-0.39, 0.29) is 48.1 Å². The zero-order valence-electron chi connectivity index (χ0n) is 27.7. The molecule has 0 saturated carbocycles. The zero-order valence-corrected chi connectivity index (χ0v) is 31.3. The van der Waals surface area contributed by atoms with Crippen LogP contribution in [0.3, 0.4) is 0 Å². The minimum Gasteiger partial charge on any atom is -0.386 e. The summed E-state index contributed by atoms with van der Waals surface area (Å²) in [4.78, 5) is 87.5. The van der Waals surface area contributed by atoms with E-state index in [0.29, 0.717) is 12.3 Å². The zero-order chi connectivity index (χ0) is 39.2. The Hall–Kier alpha value is -2.44. The number of imidazole rings is 1. The number of rotatable bonds is 20. The molecule has 1 aliphatic heterocycles. The molecule has 10 N–H and O–H groups in total. The molecule has 2 aromatic rings. The second kappa shape index (κ2) is 17.8. The van der Waals surface area contributed by atoms with Gasteiger partial charge in [0.05, 0.1) is 19.5 Å². The number of thiol groups is 1. The molecule has 0 aromatic carbocycles. The van der Waals surface area contributed by atoms with Crippen LogP contribution in [0.25, 0.3) is 11.2 Å². The first-order valence-corrected chi connectivity index (χ1v) is 20.3. The number of fused-ring (bicyclic) bond motifs is 1. The molecule has 52 heavy (non-hydrogen) atoms. The molecule has 0 bridgehead atoms. The second-order valence-electron chi connectivity index (χ2n) is 11.7. The van der Waals surface area contributed by atoms with Gasteiger partial charge in [0.1, 0.15) is 29.9 Å². The number of ketones is 1. The van der Waals surface area contributed by atoms with Crippen LogP contribution in [0.1, 0.15) is 50.5 Å². The van der Waals surface area contributed by atoms with Crippen molar-refractivity contribution < 1.29 is 80.5 Å². The molecule has 1 aliphatic rings. The average molecular weight is 824 g/mol.